The number of hydrogen-bond donors (Lipinski definition) is 3. The standard InChI is InChI=1S/C22H20N2O7/c1-2-29-20-10-14(12-23-24-21(26)15-4-3-5-16(25)11-15)6-8-18(20)30-13-17-7-9-19(31-17)22(27)28/h3-12,25H,2,13H2,1H3,(H,24,26)(H,27,28). The lowest BCUT2D eigenvalue weighted by Crippen LogP contribution is -2.17. The van der Waals surface area contributed by atoms with Crippen LogP contribution in [-0.4, -0.2) is 34.9 Å². The van der Waals surface area contributed by atoms with Crippen molar-refractivity contribution in [2.45, 2.75) is 13.5 Å². The summed E-state index contributed by atoms with van der Waals surface area (Å²) in [6, 6.07) is 13.9. The summed E-state index contributed by atoms with van der Waals surface area (Å²) in [5.74, 6) is -0.533. The summed E-state index contributed by atoms with van der Waals surface area (Å²) in [5, 5.41) is 22.3. The van der Waals surface area contributed by atoms with Crippen LogP contribution >= 0.6 is 0 Å². The molecule has 0 spiro atoms. The molecule has 160 valence electrons. The Bertz CT molecular complexity index is 1100. The number of hydrazone groups is 1. The molecule has 0 saturated carbocycles. The summed E-state index contributed by atoms with van der Waals surface area (Å²) in [7, 11) is 0. The number of aromatic carboxylic acids is 1. The van der Waals surface area contributed by atoms with Gasteiger partial charge >= 0.3 is 5.97 Å². The fourth-order valence-electron chi connectivity index (χ4n) is 2.59. The first-order valence-corrected chi connectivity index (χ1v) is 9.30. The molecule has 3 aromatic rings. The number of carbonyl (C=O) groups is 2. The molecule has 9 nitrogen and oxygen atoms in total. The first-order valence-electron chi connectivity index (χ1n) is 9.30. The number of nitrogens with one attached hydrogen (secondary N) is 1. The van der Waals surface area contributed by atoms with Crippen molar-refractivity contribution in [2.24, 2.45) is 5.10 Å². The molecule has 3 rings (SSSR count). The summed E-state index contributed by atoms with van der Waals surface area (Å²) in [6.45, 7) is 2.25. The number of aromatic hydroxyl groups is 1. The average Bonchev–Trinajstić information content (AvgIpc) is 3.23. The van der Waals surface area contributed by atoms with Gasteiger partial charge in [0, 0.05) is 5.56 Å². The second-order valence-corrected chi connectivity index (χ2v) is 6.25. The van der Waals surface area contributed by atoms with E-state index in [4.69, 9.17) is 19.0 Å². The van der Waals surface area contributed by atoms with Gasteiger partial charge in [0.2, 0.25) is 5.76 Å². The van der Waals surface area contributed by atoms with Crippen molar-refractivity contribution in [1.82, 2.24) is 5.43 Å². The molecule has 9 heteroatoms. The van der Waals surface area contributed by atoms with Gasteiger partial charge in [-0.3, -0.25) is 4.79 Å². The predicted molar refractivity (Wildman–Crippen MR) is 111 cm³/mol. The average molecular weight is 424 g/mol. The van der Waals surface area contributed by atoms with Gasteiger partial charge in [-0.05, 0) is 61.0 Å². The molecule has 1 heterocycles. The maximum Gasteiger partial charge on any atom is 0.371 e. The number of amides is 1. The van der Waals surface area contributed by atoms with E-state index in [1.54, 1.807) is 30.3 Å². The number of carbonyl (C=O) groups excluding carboxylic acids is 1. The van der Waals surface area contributed by atoms with Gasteiger partial charge in [0.05, 0.1) is 12.8 Å². The molecular formula is C22H20N2O7. The molecular weight excluding hydrogens is 404 g/mol. The highest BCUT2D eigenvalue weighted by atomic mass is 16.5. The van der Waals surface area contributed by atoms with Crippen molar-refractivity contribution in [2.75, 3.05) is 6.61 Å². The molecule has 1 aromatic heterocycles. The van der Waals surface area contributed by atoms with Crippen molar-refractivity contribution in [3.05, 3.63) is 77.2 Å². The molecule has 0 radical (unpaired) electrons. The highest BCUT2D eigenvalue weighted by Crippen LogP contribution is 2.29. The summed E-state index contributed by atoms with van der Waals surface area (Å²) >= 11 is 0. The van der Waals surface area contributed by atoms with Crippen LogP contribution in [0.3, 0.4) is 0 Å². The molecule has 1 amide bonds. The molecule has 0 unspecified atom stereocenters. The fourth-order valence-corrected chi connectivity index (χ4v) is 2.59. The molecule has 31 heavy (non-hydrogen) atoms. The topological polar surface area (TPSA) is 131 Å². The second kappa shape index (κ2) is 9.97. The van der Waals surface area contributed by atoms with Crippen LogP contribution in [0.25, 0.3) is 0 Å². The van der Waals surface area contributed by atoms with E-state index in [0.717, 1.165) is 0 Å². The van der Waals surface area contributed by atoms with Crippen LogP contribution in [0.1, 0.15) is 39.2 Å². The summed E-state index contributed by atoms with van der Waals surface area (Å²) in [5.41, 5.74) is 3.31. The van der Waals surface area contributed by atoms with Crippen molar-refractivity contribution in [3.8, 4) is 17.2 Å². The maximum absolute atomic E-state index is 12.0. The zero-order chi connectivity index (χ0) is 22.2. The highest BCUT2D eigenvalue weighted by molar-refractivity contribution is 5.95. The van der Waals surface area contributed by atoms with Crippen LogP contribution in [0.2, 0.25) is 0 Å². The van der Waals surface area contributed by atoms with Gasteiger partial charge in [0.1, 0.15) is 18.1 Å². The Labute approximate surface area is 177 Å². The van der Waals surface area contributed by atoms with Gasteiger partial charge in [-0.25, -0.2) is 10.2 Å². The number of carboxylic acids is 1. The monoisotopic (exact) mass is 424 g/mol. The van der Waals surface area contributed by atoms with Crippen molar-refractivity contribution in [1.29, 1.82) is 0 Å². The summed E-state index contributed by atoms with van der Waals surface area (Å²) in [6.07, 6.45) is 1.44. The number of rotatable bonds is 9. The van der Waals surface area contributed by atoms with E-state index < -0.39 is 11.9 Å². The first kappa shape index (κ1) is 21.4. The van der Waals surface area contributed by atoms with Gasteiger partial charge in [-0.2, -0.15) is 5.10 Å². The fraction of sp³-hybridized carbons (Fsp3) is 0.136. The number of benzene rings is 2. The third-order valence-corrected chi connectivity index (χ3v) is 4.00. The molecule has 0 aliphatic heterocycles. The van der Waals surface area contributed by atoms with Gasteiger partial charge in [-0.15, -0.1) is 0 Å². The van der Waals surface area contributed by atoms with Crippen LogP contribution in [-0.2, 0) is 6.61 Å². The van der Waals surface area contributed by atoms with Gasteiger partial charge < -0.3 is 24.1 Å². The Balaban J connectivity index is 1.65. The van der Waals surface area contributed by atoms with Crippen LogP contribution in [0.4, 0.5) is 0 Å². The number of carboxylic acid groups (broad SMARTS) is 1. The van der Waals surface area contributed by atoms with Crippen LogP contribution in [0.5, 0.6) is 17.2 Å². The normalized spacial score (nSPS) is 10.7. The number of phenolic OH excluding ortho intramolecular Hbond substituents is 1. The van der Waals surface area contributed by atoms with E-state index in [1.807, 2.05) is 6.92 Å². The number of nitrogens with zero attached hydrogens (tertiary/aromatic N) is 1. The minimum Gasteiger partial charge on any atom is -0.508 e. The molecule has 0 bridgehead atoms. The zero-order valence-corrected chi connectivity index (χ0v) is 16.6. The van der Waals surface area contributed by atoms with Gasteiger partial charge in [-0.1, -0.05) is 6.07 Å². The summed E-state index contributed by atoms with van der Waals surface area (Å²) in [4.78, 5) is 22.9. The largest absolute Gasteiger partial charge is 0.508 e. The summed E-state index contributed by atoms with van der Waals surface area (Å²) < 4.78 is 16.4. The quantitative estimate of drug-likeness (QED) is 0.354. The first-order chi connectivity index (χ1) is 15.0. The number of furan rings is 1. The lowest BCUT2D eigenvalue weighted by molar-refractivity contribution is 0.0657. The van der Waals surface area contributed by atoms with E-state index in [0.29, 0.717) is 29.4 Å². The Morgan fingerprint density at radius 1 is 1.10 bits per heavy atom. The minimum absolute atomic E-state index is 0.0118. The Kier molecular flexibility index (Phi) is 6.89. The predicted octanol–water partition coefficient (Wildman–Crippen LogP) is 3.43. The molecule has 0 saturated heterocycles. The van der Waals surface area contributed by atoms with Crippen molar-refractivity contribution in [3.63, 3.8) is 0 Å². The lowest BCUT2D eigenvalue weighted by atomic mass is 10.2. The molecule has 3 N–H and O–H groups in total. The number of hydrogen-bond acceptors (Lipinski definition) is 7. The van der Waals surface area contributed by atoms with E-state index in [1.165, 1.54) is 30.5 Å². The zero-order valence-electron chi connectivity index (χ0n) is 16.6. The third kappa shape index (κ3) is 5.86. The van der Waals surface area contributed by atoms with Crippen LogP contribution in [0, 0.1) is 0 Å². The highest BCUT2D eigenvalue weighted by Gasteiger charge is 2.11. The maximum atomic E-state index is 12.0. The second-order valence-electron chi connectivity index (χ2n) is 6.25. The van der Waals surface area contributed by atoms with Crippen molar-refractivity contribution < 1.29 is 33.7 Å². The van der Waals surface area contributed by atoms with Gasteiger partial charge in [0.25, 0.3) is 5.91 Å². The van der Waals surface area contributed by atoms with Crippen LogP contribution < -0.4 is 14.9 Å². The number of phenols is 1. The Hall–Kier alpha value is -4.27. The molecule has 0 fully saturated rings. The van der Waals surface area contributed by atoms with E-state index in [2.05, 4.69) is 10.5 Å². The van der Waals surface area contributed by atoms with E-state index in [9.17, 15) is 14.7 Å². The van der Waals surface area contributed by atoms with E-state index >= 15 is 0 Å². The molecule has 0 atom stereocenters. The minimum atomic E-state index is -1.15. The lowest BCUT2D eigenvalue weighted by Gasteiger charge is -2.11. The SMILES string of the molecule is CCOc1cc(C=NNC(=O)c2cccc(O)c2)ccc1OCc1ccc(C(=O)O)o1. The third-order valence-electron chi connectivity index (χ3n) is 4.00. The molecule has 0 aliphatic carbocycles. The Morgan fingerprint density at radius 2 is 1.94 bits per heavy atom. The van der Waals surface area contributed by atoms with Crippen LogP contribution in [0.15, 0.2) is 64.1 Å². The number of ether oxygens (including phenoxy) is 2. The Morgan fingerprint density at radius 3 is 2.65 bits per heavy atom. The molecule has 0 aliphatic rings. The van der Waals surface area contributed by atoms with Gasteiger partial charge in [0.15, 0.2) is 11.5 Å². The van der Waals surface area contributed by atoms with E-state index in [-0.39, 0.29) is 23.7 Å². The van der Waals surface area contributed by atoms with Crippen molar-refractivity contribution >= 4 is 18.1 Å². The smallest absolute Gasteiger partial charge is 0.371 e. The molecule has 2 aromatic carbocycles.